The van der Waals surface area contributed by atoms with Crippen LogP contribution in [0.2, 0.25) is 0 Å². The van der Waals surface area contributed by atoms with E-state index >= 15 is 0 Å². The van der Waals surface area contributed by atoms with E-state index in [4.69, 9.17) is 4.74 Å². The van der Waals surface area contributed by atoms with Crippen molar-refractivity contribution in [1.82, 2.24) is 0 Å². The zero-order valence-corrected chi connectivity index (χ0v) is 10.1. The van der Waals surface area contributed by atoms with Gasteiger partial charge < -0.3 is 9.53 Å². The first kappa shape index (κ1) is 13.2. The molecule has 2 rings (SSSR count). The van der Waals surface area contributed by atoms with Gasteiger partial charge in [-0.3, -0.25) is 0 Å². The topological polar surface area (TPSA) is 26.3 Å². The van der Waals surface area contributed by atoms with Gasteiger partial charge in [0.15, 0.2) is 17.4 Å². The molecule has 2 aromatic carbocycles. The van der Waals surface area contributed by atoms with E-state index in [1.165, 1.54) is 0 Å². The van der Waals surface area contributed by atoms with E-state index < -0.39 is 17.4 Å². The second-order valence-electron chi connectivity index (χ2n) is 4.03. The first-order chi connectivity index (χ1) is 9.20. The number of halogens is 2. The molecule has 0 heterocycles. The first-order valence-electron chi connectivity index (χ1n) is 5.79. The standard InChI is InChI=1S/C15H12F2O2/c16-13-8-12(6-7-18)9-14(17)15(13)19-10-11-4-2-1-3-5-11/h1-5,7-9H,6,10H2. The van der Waals surface area contributed by atoms with E-state index in [1.807, 2.05) is 18.2 Å². The van der Waals surface area contributed by atoms with Crippen LogP contribution in [0.5, 0.6) is 5.75 Å². The van der Waals surface area contributed by atoms with Crippen LogP contribution in [0, 0.1) is 11.6 Å². The Morgan fingerprint density at radius 3 is 2.21 bits per heavy atom. The Labute approximate surface area is 109 Å². The lowest BCUT2D eigenvalue weighted by Gasteiger charge is -2.09. The van der Waals surface area contributed by atoms with Gasteiger partial charge in [0.2, 0.25) is 0 Å². The predicted molar refractivity (Wildman–Crippen MR) is 66.9 cm³/mol. The van der Waals surface area contributed by atoms with E-state index in [9.17, 15) is 13.6 Å². The molecule has 0 saturated heterocycles. The average molecular weight is 262 g/mol. The molecule has 2 nitrogen and oxygen atoms in total. The highest BCUT2D eigenvalue weighted by Crippen LogP contribution is 2.24. The van der Waals surface area contributed by atoms with Crippen molar-refractivity contribution in [1.29, 1.82) is 0 Å². The molecule has 0 aliphatic carbocycles. The number of carbonyl (C=O) groups is 1. The van der Waals surface area contributed by atoms with Crippen molar-refractivity contribution < 1.29 is 18.3 Å². The number of carbonyl (C=O) groups excluding carboxylic acids is 1. The van der Waals surface area contributed by atoms with Gasteiger partial charge in [-0.05, 0) is 23.3 Å². The molecule has 0 bridgehead atoms. The molecule has 4 heteroatoms. The Balaban J connectivity index is 2.14. The summed E-state index contributed by atoms with van der Waals surface area (Å²) in [5, 5.41) is 0. The molecule has 0 fully saturated rings. The lowest BCUT2D eigenvalue weighted by atomic mass is 10.1. The van der Waals surface area contributed by atoms with Crippen molar-refractivity contribution >= 4 is 6.29 Å². The van der Waals surface area contributed by atoms with Gasteiger partial charge >= 0.3 is 0 Å². The van der Waals surface area contributed by atoms with E-state index in [1.54, 1.807) is 12.1 Å². The zero-order chi connectivity index (χ0) is 13.7. The average Bonchev–Trinajstić information content (AvgIpc) is 2.39. The Morgan fingerprint density at radius 2 is 1.63 bits per heavy atom. The quantitative estimate of drug-likeness (QED) is 0.773. The maximum absolute atomic E-state index is 13.7. The summed E-state index contributed by atoms with van der Waals surface area (Å²) in [6, 6.07) is 11.3. The van der Waals surface area contributed by atoms with Crippen molar-refractivity contribution in [3.8, 4) is 5.75 Å². The third-order valence-corrected chi connectivity index (χ3v) is 2.60. The highest BCUT2D eigenvalue weighted by atomic mass is 19.1. The minimum Gasteiger partial charge on any atom is -0.483 e. The number of ether oxygens (including phenoxy) is 1. The van der Waals surface area contributed by atoms with E-state index in [0.29, 0.717) is 6.29 Å². The molecular formula is C15H12F2O2. The number of rotatable bonds is 5. The molecule has 0 aliphatic heterocycles. The van der Waals surface area contributed by atoms with E-state index in [-0.39, 0.29) is 18.6 Å². The second kappa shape index (κ2) is 6.09. The van der Waals surface area contributed by atoms with Crippen molar-refractivity contribution in [2.75, 3.05) is 0 Å². The van der Waals surface area contributed by atoms with Crippen LogP contribution in [0.3, 0.4) is 0 Å². The van der Waals surface area contributed by atoms with Gasteiger partial charge in [-0.15, -0.1) is 0 Å². The molecule has 2 aromatic rings. The normalized spacial score (nSPS) is 10.2. The summed E-state index contributed by atoms with van der Waals surface area (Å²) in [4.78, 5) is 10.3. The van der Waals surface area contributed by atoms with E-state index in [2.05, 4.69) is 0 Å². The Morgan fingerprint density at radius 1 is 1.00 bits per heavy atom. The summed E-state index contributed by atoms with van der Waals surface area (Å²) in [5.41, 5.74) is 1.11. The van der Waals surface area contributed by atoms with E-state index in [0.717, 1.165) is 17.7 Å². The third-order valence-electron chi connectivity index (χ3n) is 2.60. The number of hydrogen-bond donors (Lipinski definition) is 0. The van der Waals surface area contributed by atoms with Crippen LogP contribution in [0.25, 0.3) is 0 Å². The van der Waals surface area contributed by atoms with Gasteiger partial charge in [0, 0.05) is 6.42 Å². The molecule has 98 valence electrons. The maximum atomic E-state index is 13.7. The fourth-order valence-corrected chi connectivity index (χ4v) is 1.69. The Kier molecular flexibility index (Phi) is 4.23. The van der Waals surface area contributed by atoms with Gasteiger partial charge in [0.05, 0.1) is 0 Å². The van der Waals surface area contributed by atoms with Crippen LogP contribution in [0.4, 0.5) is 8.78 Å². The fourth-order valence-electron chi connectivity index (χ4n) is 1.69. The highest BCUT2D eigenvalue weighted by Gasteiger charge is 2.12. The molecule has 0 saturated carbocycles. The molecule has 0 spiro atoms. The molecule has 0 atom stereocenters. The monoisotopic (exact) mass is 262 g/mol. The first-order valence-corrected chi connectivity index (χ1v) is 5.79. The SMILES string of the molecule is O=CCc1cc(F)c(OCc2ccccc2)c(F)c1. The van der Waals surface area contributed by atoms with Crippen molar-refractivity contribution in [2.45, 2.75) is 13.0 Å². The van der Waals surface area contributed by atoms with Gasteiger partial charge in [0.1, 0.15) is 12.9 Å². The van der Waals surface area contributed by atoms with Crippen LogP contribution in [-0.2, 0) is 17.8 Å². The molecule has 0 aliphatic rings. The summed E-state index contributed by atoms with van der Waals surface area (Å²) in [6.45, 7) is 0.0850. The highest BCUT2D eigenvalue weighted by molar-refractivity contribution is 5.55. The second-order valence-corrected chi connectivity index (χ2v) is 4.03. The molecule has 19 heavy (non-hydrogen) atoms. The van der Waals surface area contributed by atoms with Crippen LogP contribution >= 0.6 is 0 Å². The summed E-state index contributed by atoms with van der Waals surface area (Å²) in [6.07, 6.45) is 0.575. The Hall–Kier alpha value is -2.23. The number of benzene rings is 2. The largest absolute Gasteiger partial charge is 0.483 e. The van der Waals surface area contributed by atoms with Gasteiger partial charge in [-0.2, -0.15) is 0 Å². The maximum Gasteiger partial charge on any atom is 0.191 e. The molecule has 0 N–H and O–H groups in total. The van der Waals surface area contributed by atoms with Crippen LogP contribution in [0.1, 0.15) is 11.1 Å². The number of hydrogen-bond acceptors (Lipinski definition) is 2. The zero-order valence-electron chi connectivity index (χ0n) is 10.1. The minimum atomic E-state index is -0.798. The molecular weight excluding hydrogens is 250 g/mol. The smallest absolute Gasteiger partial charge is 0.191 e. The molecule has 0 aromatic heterocycles. The molecule has 0 amide bonds. The van der Waals surface area contributed by atoms with Gasteiger partial charge in [0.25, 0.3) is 0 Å². The van der Waals surface area contributed by atoms with Gasteiger partial charge in [-0.1, -0.05) is 30.3 Å². The third kappa shape index (κ3) is 3.37. The van der Waals surface area contributed by atoms with Gasteiger partial charge in [-0.25, -0.2) is 8.78 Å². The molecule has 0 radical (unpaired) electrons. The van der Waals surface area contributed by atoms with Crippen molar-refractivity contribution in [2.24, 2.45) is 0 Å². The van der Waals surface area contributed by atoms with Crippen LogP contribution in [-0.4, -0.2) is 6.29 Å². The summed E-state index contributed by atoms with van der Waals surface area (Å²) in [5.74, 6) is -2.01. The predicted octanol–water partition coefficient (Wildman–Crippen LogP) is 3.29. The summed E-state index contributed by atoms with van der Waals surface area (Å²) < 4.78 is 32.5. The lowest BCUT2D eigenvalue weighted by Crippen LogP contribution is -2.01. The Bertz CT molecular complexity index is 545. The summed E-state index contributed by atoms with van der Waals surface area (Å²) >= 11 is 0. The fraction of sp³-hybridized carbons (Fsp3) is 0.133. The number of aldehydes is 1. The van der Waals surface area contributed by atoms with Crippen LogP contribution in [0.15, 0.2) is 42.5 Å². The molecule has 0 unspecified atom stereocenters. The lowest BCUT2D eigenvalue weighted by molar-refractivity contribution is -0.107. The summed E-state index contributed by atoms with van der Waals surface area (Å²) in [7, 11) is 0. The van der Waals surface area contributed by atoms with Crippen molar-refractivity contribution in [3.05, 3.63) is 65.2 Å². The minimum absolute atomic E-state index is 0.0210. The van der Waals surface area contributed by atoms with Crippen LogP contribution < -0.4 is 4.74 Å². The van der Waals surface area contributed by atoms with Crippen molar-refractivity contribution in [3.63, 3.8) is 0 Å².